The van der Waals surface area contributed by atoms with Crippen molar-refractivity contribution in [2.24, 2.45) is 0 Å². The first kappa shape index (κ1) is 17.8. The van der Waals surface area contributed by atoms with E-state index in [-0.39, 0.29) is 36.7 Å². The third kappa shape index (κ3) is 2.96. The number of carbonyl (C=O) groups is 3. The summed E-state index contributed by atoms with van der Waals surface area (Å²) in [7, 11) is 0. The van der Waals surface area contributed by atoms with Crippen LogP contribution in [0.2, 0.25) is 0 Å². The molecule has 2 aliphatic rings. The highest BCUT2D eigenvalue weighted by molar-refractivity contribution is 7.22. The number of thiazole rings is 1. The summed E-state index contributed by atoms with van der Waals surface area (Å²) in [4.78, 5) is 44.2. The molecule has 2 aromatic carbocycles. The number of benzene rings is 2. The molecule has 8 heteroatoms. The summed E-state index contributed by atoms with van der Waals surface area (Å²) in [5, 5.41) is 3.35. The van der Waals surface area contributed by atoms with Crippen LogP contribution in [0.1, 0.15) is 25.3 Å². The SMILES string of the molecule is C[C@@H]1Cc2ccccc2N1C(=O)Nc1ccc2nc(N3C(=O)CCC3=O)sc2c1. The number of para-hydroxylation sites is 1. The predicted molar refractivity (Wildman–Crippen MR) is 112 cm³/mol. The third-order valence-electron chi connectivity index (χ3n) is 5.30. The van der Waals surface area contributed by atoms with E-state index in [1.165, 1.54) is 11.3 Å². The minimum absolute atomic E-state index is 0.0818. The Hall–Kier alpha value is -3.26. The van der Waals surface area contributed by atoms with E-state index in [9.17, 15) is 14.4 Å². The molecule has 0 unspecified atom stereocenters. The summed E-state index contributed by atoms with van der Waals surface area (Å²) in [5.41, 5.74) is 3.44. The Morgan fingerprint density at radius 1 is 1.14 bits per heavy atom. The first-order chi connectivity index (χ1) is 14.0. The third-order valence-corrected chi connectivity index (χ3v) is 6.30. The van der Waals surface area contributed by atoms with Crippen molar-refractivity contribution < 1.29 is 14.4 Å². The van der Waals surface area contributed by atoms with E-state index >= 15 is 0 Å². The van der Waals surface area contributed by atoms with Crippen LogP contribution in [0.15, 0.2) is 42.5 Å². The summed E-state index contributed by atoms with van der Waals surface area (Å²) in [5.74, 6) is -0.437. The normalized spacial score (nSPS) is 18.6. The molecular formula is C21H18N4O3S. The zero-order chi connectivity index (χ0) is 20.1. The minimum atomic E-state index is -0.218. The molecule has 3 aromatic rings. The van der Waals surface area contributed by atoms with Crippen LogP contribution in [0, 0.1) is 0 Å². The largest absolute Gasteiger partial charge is 0.326 e. The lowest BCUT2D eigenvalue weighted by atomic mass is 10.1. The molecule has 5 rings (SSSR count). The molecule has 1 aromatic heterocycles. The van der Waals surface area contributed by atoms with Gasteiger partial charge in [-0.15, -0.1) is 0 Å². The van der Waals surface area contributed by atoms with Crippen molar-refractivity contribution >= 4 is 55.9 Å². The van der Waals surface area contributed by atoms with Crippen LogP contribution < -0.4 is 15.1 Å². The van der Waals surface area contributed by atoms with Gasteiger partial charge in [0.2, 0.25) is 11.8 Å². The fraction of sp³-hybridized carbons (Fsp3) is 0.238. The average Bonchev–Trinajstić information content (AvgIpc) is 3.35. The second-order valence-corrected chi connectivity index (χ2v) is 8.29. The number of fused-ring (bicyclic) bond motifs is 2. The van der Waals surface area contributed by atoms with Crippen molar-refractivity contribution in [1.29, 1.82) is 0 Å². The predicted octanol–water partition coefficient (Wildman–Crippen LogP) is 3.93. The molecule has 7 nitrogen and oxygen atoms in total. The highest BCUT2D eigenvalue weighted by Crippen LogP contribution is 2.35. The maximum Gasteiger partial charge on any atom is 0.326 e. The molecule has 4 amide bonds. The maximum absolute atomic E-state index is 12.9. The van der Waals surface area contributed by atoms with Crippen LogP contribution >= 0.6 is 11.3 Å². The lowest BCUT2D eigenvalue weighted by Crippen LogP contribution is -2.39. The molecule has 3 heterocycles. The molecule has 0 radical (unpaired) electrons. The van der Waals surface area contributed by atoms with Crippen molar-refractivity contribution in [2.45, 2.75) is 32.2 Å². The first-order valence-electron chi connectivity index (χ1n) is 9.46. The Morgan fingerprint density at radius 3 is 2.69 bits per heavy atom. The summed E-state index contributed by atoms with van der Waals surface area (Å²) in [6.45, 7) is 2.03. The van der Waals surface area contributed by atoms with Gasteiger partial charge in [0.15, 0.2) is 5.13 Å². The Kier molecular flexibility index (Phi) is 4.09. The molecule has 1 saturated heterocycles. The molecule has 0 spiro atoms. The number of carbonyl (C=O) groups excluding carboxylic acids is 3. The van der Waals surface area contributed by atoms with Crippen LogP contribution in [-0.4, -0.2) is 28.9 Å². The van der Waals surface area contributed by atoms with E-state index in [2.05, 4.69) is 10.3 Å². The minimum Gasteiger partial charge on any atom is -0.307 e. The fourth-order valence-corrected chi connectivity index (χ4v) is 4.97. The molecule has 2 aliphatic heterocycles. The number of urea groups is 1. The number of nitrogens with zero attached hydrogens (tertiary/aromatic N) is 3. The van der Waals surface area contributed by atoms with Crippen molar-refractivity contribution in [1.82, 2.24) is 4.98 Å². The van der Waals surface area contributed by atoms with Crippen LogP contribution in [0.3, 0.4) is 0 Å². The molecule has 1 N–H and O–H groups in total. The highest BCUT2D eigenvalue weighted by Gasteiger charge is 2.33. The monoisotopic (exact) mass is 406 g/mol. The number of imide groups is 1. The van der Waals surface area contributed by atoms with Gasteiger partial charge in [0.25, 0.3) is 0 Å². The van der Waals surface area contributed by atoms with Crippen molar-refractivity contribution in [3.63, 3.8) is 0 Å². The second kappa shape index (κ2) is 6.66. The number of amides is 4. The van der Waals surface area contributed by atoms with Crippen molar-refractivity contribution in [3.05, 3.63) is 48.0 Å². The Labute approximate surface area is 170 Å². The first-order valence-corrected chi connectivity index (χ1v) is 10.3. The van der Waals surface area contributed by atoms with E-state index in [4.69, 9.17) is 0 Å². The van der Waals surface area contributed by atoms with E-state index in [1.54, 1.807) is 17.0 Å². The van der Waals surface area contributed by atoms with Crippen molar-refractivity contribution in [2.75, 3.05) is 15.1 Å². The van der Waals surface area contributed by atoms with Crippen LogP contribution in [0.25, 0.3) is 10.2 Å². The van der Waals surface area contributed by atoms with Gasteiger partial charge in [-0.2, -0.15) is 0 Å². The summed E-state index contributed by atoms with van der Waals surface area (Å²) >= 11 is 1.27. The number of hydrogen-bond acceptors (Lipinski definition) is 5. The zero-order valence-electron chi connectivity index (χ0n) is 15.7. The number of aromatic nitrogens is 1. The van der Waals surface area contributed by atoms with Gasteiger partial charge in [-0.3, -0.25) is 14.5 Å². The Balaban J connectivity index is 1.41. The molecule has 0 bridgehead atoms. The van der Waals surface area contributed by atoms with E-state index < -0.39 is 0 Å². The number of nitrogens with one attached hydrogen (secondary N) is 1. The summed E-state index contributed by atoms with van der Waals surface area (Å²) < 4.78 is 0.806. The molecule has 0 aliphatic carbocycles. The maximum atomic E-state index is 12.9. The van der Waals surface area contributed by atoms with Gasteiger partial charge < -0.3 is 5.32 Å². The standard InChI is InChI=1S/C21H18N4O3S/c1-12-10-13-4-2-3-5-16(13)24(12)20(28)22-14-6-7-15-17(11-14)29-21(23-15)25-18(26)8-9-19(25)27/h2-7,11-12H,8-10H2,1H3,(H,22,28)/t12-/m1/s1. The van der Waals surface area contributed by atoms with Crippen LogP contribution in [0.5, 0.6) is 0 Å². The van der Waals surface area contributed by atoms with Gasteiger partial charge in [-0.1, -0.05) is 29.5 Å². The van der Waals surface area contributed by atoms with Gasteiger partial charge in [0.05, 0.1) is 10.2 Å². The smallest absolute Gasteiger partial charge is 0.307 e. The van der Waals surface area contributed by atoms with E-state index in [0.29, 0.717) is 16.3 Å². The van der Waals surface area contributed by atoms with E-state index in [1.807, 2.05) is 37.3 Å². The molecular weight excluding hydrogens is 388 g/mol. The van der Waals surface area contributed by atoms with Gasteiger partial charge in [0, 0.05) is 30.3 Å². The number of hydrogen-bond donors (Lipinski definition) is 1. The van der Waals surface area contributed by atoms with Gasteiger partial charge in [-0.05, 0) is 43.2 Å². The quantitative estimate of drug-likeness (QED) is 0.654. The molecule has 29 heavy (non-hydrogen) atoms. The fourth-order valence-electron chi connectivity index (χ4n) is 3.93. The van der Waals surface area contributed by atoms with Crippen LogP contribution in [0.4, 0.5) is 21.3 Å². The average molecular weight is 406 g/mol. The molecule has 0 saturated carbocycles. The Bertz CT molecular complexity index is 1160. The number of rotatable bonds is 2. The van der Waals surface area contributed by atoms with Gasteiger partial charge in [0.1, 0.15) is 0 Å². The summed E-state index contributed by atoms with van der Waals surface area (Å²) in [6.07, 6.45) is 1.29. The molecule has 1 atom stereocenters. The molecule has 1 fully saturated rings. The summed E-state index contributed by atoms with van der Waals surface area (Å²) in [6, 6.07) is 13.2. The van der Waals surface area contributed by atoms with Gasteiger partial charge in [-0.25, -0.2) is 14.7 Å². The lowest BCUT2D eigenvalue weighted by molar-refractivity contribution is -0.121. The van der Waals surface area contributed by atoms with Crippen LogP contribution in [-0.2, 0) is 16.0 Å². The zero-order valence-corrected chi connectivity index (χ0v) is 16.5. The van der Waals surface area contributed by atoms with Gasteiger partial charge >= 0.3 is 6.03 Å². The Morgan fingerprint density at radius 2 is 1.90 bits per heavy atom. The lowest BCUT2D eigenvalue weighted by Gasteiger charge is -2.23. The number of anilines is 3. The molecule has 146 valence electrons. The van der Waals surface area contributed by atoms with Crippen molar-refractivity contribution in [3.8, 4) is 0 Å². The highest BCUT2D eigenvalue weighted by atomic mass is 32.1. The topological polar surface area (TPSA) is 82.6 Å². The van der Waals surface area contributed by atoms with E-state index in [0.717, 1.165) is 27.3 Å². The second-order valence-electron chi connectivity index (χ2n) is 7.28.